The summed E-state index contributed by atoms with van der Waals surface area (Å²) in [5.41, 5.74) is 1.51. The molecule has 2 unspecified atom stereocenters. The van der Waals surface area contributed by atoms with Gasteiger partial charge in [0.2, 0.25) is 5.91 Å². The second-order valence-corrected chi connectivity index (χ2v) is 9.82. The van der Waals surface area contributed by atoms with Crippen molar-refractivity contribution in [2.24, 2.45) is 5.92 Å². The molecule has 1 aliphatic rings. The predicted molar refractivity (Wildman–Crippen MR) is 132 cm³/mol. The average Bonchev–Trinajstić information content (AvgIpc) is 3.69. The van der Waals surface area contributed by atoms with Crippen molar-refractivity contribution in [1.29, 1.82) is 5.26 Å². The second kappa shape index (κ2) is 9.40. The molecule has 1 heterocycles. The molecule has 1 aromatic heterocycles. The number of nitrogens with zero attached hydrogens (tertiary/aromatic N) is 3. The molecular weight excluding hydrogens is 432 g/mol. The van der Waals surface area contributed by atoms with E-state index in [4.69, 9.17) is 4.98 Å². The number of thioether (sulfide) groups is 1. The van der Waals surface area contributed by atoms with Crippen LogP contribution in [0.25, 0.3) is 16.6 Å². The Hall–Kier alpha value is -3.11. The molecule has 0 radical (unpaired) electrons. The zero-order valence-electron chi connectivity index (χ0n) is 19.2. The second-order valence-electron chi connectivity index (χ2n) is 8.88. The first-order valence-corrected chi connectivity index (χ1v) is 12.3. The number of hydrogen-bond acceptors (Lipinski definition) is 5. The minimum Gasteiger partial charge on any atom is -0.337 e. The number of aromatic nitrogens is 2. The molecule has 1 fully saturated rings. The molecule has 170 valence electrons. The Morgan fingerprint density at radius 2 is 1.97 bits per heavy atom. The zero-order valence-corrected chi connectivity index (χ0v) is 20.0. The molecule has 0 aliphatic heterocycles. The van der Waals surface area contributed by atoms with E-state index in [1.807, 2.05) is 36.4 Å². The number of carbonyl (C=O) groups is 1. The SMILES string of the molecule is CCC(C)c1ccc(-n2c(SCC(=O)NC(C)(C#N)C3CC3)nc3ccccc3c2=O)cc1. The van der Waals surface area contributed by atoms with E-state index in [1.54, 1.807) is 23.6 Å². The van der Waals surface area contributed by atoms with Crippen LogP contribution in [0.2, 0.25) is 0 Å². The zero-order chi connectivity index (χ0) is 23.6. The van der Waals surface area contributed by atoms with E-state index in [2.05, 4.69) is 25.2 Å². The minimum atomic E-state index is -0.847. The Labute approximate surface area is 198 Å². The van der Waals surface area contributed by atoms with E-state index in [-0.39, 0.29) is 23.1 Å². The van der Waals surface area contributed by atoms with Gasteiger partial charge in [0.25, 0.3) is 5.56 Å². The Morgan fingerprint density at radius 3 is 2.61 bits per heavy atom. The van der Waals surface area contributed by atoms with Gasteiger partial charge in [-0.15, -0.1) is 0 Å². The van der Waals surface area contributed by atoms with Crippen LogP contribution in [-0.2, 0) is 4.79 Å². The fourth-order valence-electron chi connectivity index (χ4n) is 3.96. The lowest BCUT2D eigenvalue weighted by atomic mass is 9.98. The van der Waals surface area contributed by atoms with Crippen molar-refractivity contribution in [1.82, 2.24) is 14.9 Å². The molecule has 7 heteroatoms. The molecular formula is C26H28N4O2S. The predicted octanol–water partition coefficient (Wildman–Crippen LogP) is 4.80. The summed E-state index contributed by atoms with van der Waals surface area (Å²) in [5.74, 6) is 0.470. The highest BCUT2D eigenvalue weighted by atomic mass is 32.2. The number of rotatable bonds is 8. The van der Waals surface area contributed by atoms with Gasteiger partial charge >= 0.3 is 0 Å². The topological polar surface area (TPSA) is 87.8 Å². The maximum Gasteiger partial charge on any atom is 0.266 e. The molecule has 2 atom stereocenters. The van der Waals surface area contributed by atoms with Crippen molar-refractivity contribution in [2.45, 2.75) is 56.6 Å². The van der Waals surface area contributed by atoms with E-state index in [0.29, 0.717) is 27.7 Å². The molecule has 0 bridgehead atoms. The maximum absolute atomic E-state index is 13.4. The summed E-state index contributed by atoms with van der Waals surface area (Å²) in [7, 11) is 0. The molecule has 2 aromatic carbocycles. The average molecular weight is 461 g/mol. The van der Waals surface area contributed by atoms with Crippen LogP contribution in [0.15, 0.2) is 58.5 Å². The number of amides is 1. The van der Waals surface area contributed by atoms with Gasteiger partial charge in [0, 0.05) is 0 Å². The van der Waals surface area contributed by atoms with Gasteiger partial charge in [0.1, 0.15) is 5.54 Å². The van der Waals surface area contributed by atoms with Crippen LogP contribution < -0.4 is 10.9 Å². The van der Waals surface area contributed by atoms with Crippen molar-refractivity contribution in [3.05, 3.63) is 64.4 Å². The quantitative estimate of drug-likeness (QED) is 0.385. The summed E-state index contributed by atoms with van der Waals surface area (Å²) in [4.78, 5) is 30.8. The number of nitriles is 1. The Kier molecular flexibility index (Phi) is 6.57. The summed E-state index contributed by atoms with van der Waals surface area (Å²) >= 11 is 1.21. The molecule has 1 amide bonds. The number of para-hydroxylation sites is 1. The van der Waals surface area contributed by atoms with Crippen LogP contribution in [0, 0.1) is 17.2 Å². The molecule has 1 saturated carbocycles. The lowest BCUT2D eigenvalue weighted by molar-refractivity contribution is -0.119. The third-order valence-corrected chi connectivity index (χ3v) is 7.37. The Morgan fingerprint density at radius 1 is 1.27 bits per heavy atom. The Bertz CT molecular complexity index is 1270. The molecule has 33 heavy (non-hydrogen) atoms. The Balaban J connectivity index is 1.66. The first kappa shape index (κ1) is 23.1. The van der Waals surface area contributed by atoms with Crippen LogP contribution in [0.5, 0.6) is 0 Å². The van der Waals surface area contributed by atoms with Crippen LogP contribution in [0.1, 0.15) is 51.5 Å². The van der Waals surface area contributed by atoms with Crippen LogP contribution in [0.3, 0.4) is 0 Å². The highest BCUT2D eigenvalue weighted by Crippen LogP contribution is 2.39. The van der Waals surface area contributed by atoms with E-state index in [0.717, 1.165) is 19.3 Å². The third-order valence-electron chi connectivity index (χ3n) is 6.44. The number of fused-ring (bicyclic) bond motifs is 1. The minimum absolute atomic E-state index is 0.0692. The van der Waals surface area contributed by atoms with Gasteiger partial charge in [-0.1, -0.05) is 49.9 Å². The van der Waals surface area contributed by atoms with Crippen LogP contribution >= 0.6 is 11.8 Å². The molecule has 0 spiro atoms. The van der Waals surface area contributed by atoms with Gasteiger partial charge < -0.3 is 5.32 Å². The van der Waals surface area contributed by atoms with E-state index < -0.39 is 5.54 Å². The first-order valence-electron chi connectivity index (χ1n) is 11.3. The number of benzene rings is 2. The van der Waals surface area contributed by atoms with Crippen molar-refractivity contribution < 1.29 is 4.79 Å². The fraction of sp³-hybridized carbons (Fsp3) is 0.385. The van der Waals surface area contributed by atoms with Gasteiger partial charge in [-0.05, 0) is 67.9 Å². The standard InChI is InChI=1S/C26H28N4O2S/c1-4-17(2)18-9-13-20(14-10-18)30-24(32)21-7-5-6-8-22(21)28-25(30)33-15-23(31)29-26(3,16-27)19-11-12-19/h5-10,13-14,17,19H,4,11-12,15H2,1-3H3,(H,29,31). The van der Waals surface area contributed by atoms with Gasteiger partial charge in [0.05, 0.1) is 28.4 Å². The highest BCUT2D eigenvalue weighted by Gasteiger charge is 2.43. The third kappa shape index (κ3) is 4.81. The summed E-state index contributed by atoms with van der Waals surface area (Å²) < 4.78 is 1.57. The smallest absolute Gasteiger partial charge is 0.266 e. The highest BCUT2D eigenvalue weighted by molar-refractivity contribution is 7.99. The molecule has 6 nitrogen and oxygen atoms in total. The molecule has 3 aromatic rings. The molecule has 1 aliphatic carbocycles. The van der Waals surface area contributed by atoms with Crippen molar-refractivity contribution >= 4 is 28.6 Å². The van der Waals surface area contributed by atoms with Crippen molar-refractivity contribution in [3.8, 4) is 11.8 Å². The molecule has 0 saturated heterocycles. The summed E-state index contributed by atoms with van der Waals surface area (Å²) in [6.45, 7) is 6.10. The van der Waals surface area contributed by atoms with Gasteiger partial charge in [-0.3, -0.25) is 14.2 Å². The molecule has 4 rings (SSSR count). The number of hydrogen-bond donors (Lipinski definition) is 1. The van der Waals surface area contributed by atoms with E-state index >= 15 is 0 Å². The fourth-order valence-corrected chi connectivity index (χ4v) is 4.77. The summed E-state index contributed by atoms with van der Waals surface area (Å²) in [5, 5.41) is 13.4. The number of nitrogens with one attached hydrogen (secondary N) is 1. The van der Waals surface area contributed by atoms with Crippen LogP contribution in [-0.4, -0.2) is 26.8 Å². The van der Waals surface area contributed by atoms with Gasteiger partial charge in [0.15, 0.2) is 5.16 Å². The summed E-state index contributed by atoms with van der Waals surface area (Å²) in [6.07, 6.45) is 2.95. The maximum atomic E-state index is 13.4. The lowest BCUT2D eigenvalue weighted by Crippen LogP contribution is -2.47. The van der Waals surface area contributed by atoms with Gasteiger partial charge in [-0.25, -0.2) is 4.98 Å². The lowest BCUT2D eigenvalue weighted by Gasteiger charge is -2.22. The largest absolute Gasteiger partial charge is 0.337 e. The van der Waals surface area contributed by atoms with E-state index in [9.17, 15) is 14.9 Å². The van der Waals surface area contributed by atoms with Crippen molar-refractivity contribution in [3.63, 3.8) is 0 Å². The van der Waals surface area contributed by atoms with Crippen LogP contribution in [0.4, 0.5) is 0 Å². The first-order chi connectivity index (χ1) is 15.9. The molecule has 1 N–H and O–H groups in total. The monoisotopic (exact) mass is 460 g/mol. The van der Waals surface area contributed by atoms with Crippen molar-refractivity contribution in [2.75, 3.05) is 5.75 Å². The van der Waals surface area contributed by atoms with Gasteiger partial charge in [-0.2, -0.15) is 5.26 Å². The normalized spacial score (nSPS) is 16.1. The van der Waals surface area contributed by atoms with E-state index in [1.165, 1.54) is 17.3 Å². The summed E-state index contributed by atoms with van der Waals surface area (Å²) in [6, 6.07) is 17.4. The number of carbonyl (C=O) groups excluding carboxylic acids is 1.